The predicted molar refractivity (Wildman–Crippen MR) is 59.4 cm³/mol. The van der Waals surface area contributed by atoms with Crippen molar-refractivity contribution >= 4 is 33.4 Å². The summed E-state index contributed by atoms with van der Waals surface area (Å²) in [6.07, 6.45) is 0. The van der Waals surface area contributed by atoms with Crippen LogP contribution >= 0.6 is 24.0 Å². The first-order valence-corrected chi connectivity index (χ1v) is 4.74. The molecule has 1 aromatic carbocycles. The fraction of sp³-hybridized carbons (Fsp3) is 0. The summed E-state index contributed by atoms with van der Waals surface area (Å²) in [5, 5.41) is -0.108. The molecule has 3 nitrogen and oxygen atoms in total. The molecule has 0 heterocycles. The Bertz CT molecular complexity index is 324. The molecule has 0 saturated carbocycles. The maximum atomic E-state index is 11.4. The number of thiocarbonyl (C=S) groups is 1. The first kappa shape index (κ1) is 14.7. The van der Waals surface area contributed by atoms with Crippen molar-refractivity contribution in [3.05, 3.63) is 35.9 Å². The van der Waals surface area contributed by atoms with Gasteiger partial charge in [0.25, 0.3) is 0 Å². The first-order valence-electron chi connectivity index (χ1n) is 3.52. The molecule has 0 aromatic heterocycles. The molecule has 0 aliphatic heterocycles. The second kappa shape index (κ2) is 7.95. The molecule has 0 amide bonds. The Labute approximate surface area is 136 Å². The van der Waals surface area contributed by atoms with E-state index in [1.54, 1.807) is 24.3 Å². The average molecular weight is 252 g/mol. The summed E-state index contributed by atoms with van der Waals surface area (Å²) in [7, 11) is 0. The number of hydrogen-bond acceptors (Lipinski definition) is 4. The molecule has 0 radical (unpaired) electrons. The van der Waals surface area contributed by atoms with Gasteiger partial charge in [-0.1, -0.05) is 42.5 Å². The second-order valence-corrected chi connectivity index (χ2v) is 3.84. The molecule has 0 aliphatic rings. The van der Waals surface area contributed by atoms with E-state index in [0.717, 1.165) is 11.8 Å². The van der Waals surface area contributed by atoms with Crippen LogP contribution in [0.4, 0.5) is 0 Å². The third-order valence-corrected chi connectivity index (χ3v) is 2.40. The zero-order valence-corrected chi connectivity index (χ0v) is 12.4. The number of hydrazine groups is 1. The van der Waals surface area contributed by atoms with Gasteiger partial charge in [-0.25, -0.2) is 5.84 Å². The molecule has 0 atom stereocenters. The van der Waals surface area contributed by atoms with Gasteiger partial charge in [0.15, 0.2) is 4.32 Å². The van der Waals surface area contributed by atoms with Crippen LogP contribution in [0.3, 0.4) is 0 Å². The Morgan fingerprint density at radius 1 is 1.43 bits per heavy atom. The van der Waals surface area contributed by atoms with E-state index in [-0.39, 0.29) is 62.2 Å². The van der Waals surface area contributed by atoms with Crippen LogP contribution in [-0.4, -0.2) is 9.44 Å². The third kappa shape index (κ3) is 4.99. The number of benzene rings is 1. The minimum atomic E-state index is -0.108. The van der Waals surface area contributed by atoms with Gasteiger partial charge in [-0.2, -0.15) is 0 Å². The van der Waals surface area contributed by atoms with Gasteiger partial charge in [-0.3, -0.25) is 4.79 Å². The standard InChI is InChI=1S/C8H8N2OS2.K.H/c9-10-8(12)13-7(11)6-4-2-1-3-5-6;;/h1-5H,9H2,(H,10,12);;/q;+1;-1. The van der Waals surface area contributed by atoms with Gasteiger partial charge in [-0.15, -0.1) is 0 Å². The van der Waals surface area contributed by atoms with Gasteiger partial charge in [0, 0.05) is 5.56 Å². The number of rotatable bonds is 1. The predicted octanol–water partition coefficient (Wildman–Crippen LogP) is -1.58. The molecule has 0 aliphatic carbocycles. The SMILES string of the molecule is NNC(=S)SC(=O)c1ccccc1.[H-].[K+]. The van der Waals surface area contributed by atoms with Crippen LogP contribution in [0.25, 0.3) is 0 Å². The van der Waals surface area contributed by atoms with Crippen molar-refractivity contribution in [1.82, 2.24) is 5.43 Å². The van der Waals surface area contributed by atoms with Crippen molar-refractivity contribution in [2.45, 2.75) is 0 Å². The average Bonchev–Trinajstić information content (AvgIpc) is 2.19. The second-order valence-electron chi connectivity index (χ2n) is 2.19. The van der Waals surface area contributed by atoms with Crippen molar-refractivity contribution in [2.24, 2.45) is 5.84 Å². The van der Waals surface area contributed by atoms with E-state index < -0.39 is 0 Å². The summed E-state index contributed by atoms with van der Waals surface area (Å²) in [5.41, 5.74) is 2.86. The monoisotopic (exact) mass is 252 g/mol. The molecule has 14 heavy (non-hydrogen) atoms. The molecule has 0 fully saturated rings. The van der Waals surface area contributed by atoms with Gasteiger partial charge in [0.05, 0.1) is 0 Å². The number of nitrogens with one attached hydrogen (secondary N) is 1. The maximum Gasteiger partial charge on any atom is 1.00 e. The van der Waals surface area contributed by atoms with Crippen LogP contribution in [0.2, 0.25) is 0 Å². The largest absolute Gasteiger partial charge is 1.00 e. The van der Waals surface area contributed by atoms with Gasteiger partial charge in [-0.05, 0) is 11.8 Å². The van der Waals surface area contributed by atoms with Crippen molar-refractivity contribution in [1.29, 1.82) is 0 Å². The van der Waals surface area contributed by atoms with E-state index in [0.29, 0.717) is 5.56 Å². The van der Waals surface area contributed by atoms with Gasteiger partial charge < -0.3 is 6.85 Å². The van der Waals surface area contributed by atoms with Crippen molar-refractivity contribution in [2.75, 3.05) is 0 Å². The molecule has 1 rings (SSSR count). The minimum Gasteiger partial charge on any atom is -1.00 e. The normalized spacial score (nSPS) is 8.64. The number of nitrogens with two attached hydrogens (primary N) is 1. The minimum absolute atomic E-state index is 0. The van der Waals surface area contributed by atoms with E-state index in [2.05, 4.69) is 5.43 Å². The molecule has 1 aromatic rings. The Morgan fingerprint density at radius 2 is 2.00 bits per heavy atom. The summed E-state index contributed by atoms with van der Waals surface area (Å²) in [6.45, 7) is 0. The summed E-state index contributed by atoms with van der Waals surface area (Å²) in [4.78, 5) is 11.4. The smallest absolute Gasteiger partial charge is 1.00 e. The third-order valence-electron chi connectivity index (χ3n) is 1.31. The Morgan fingerprint density at radius 3 is 2.50 bits per heavy atom. The Kier molecular flexibility index (Phi) is 8.36. The molecule has 0 spiro atoms. The zero-order chi connectivity index (χ0) is 9.68. The molecule has 0 unspecified atom stereocenters. The van der Waals surface area contributed by atoms with E-state index in [1.165, 1.54) is 0 Å². The molecular weight excluding hydrogens is 243 g/mol. The topological polar surface area (TPSA) is 55.1 Å². The van der Waals surface area contributed by atoms with Crippen LogP contribution < -0.4 is 62.7 Å². The number of carbonyl (C=O) groups excluding carboxylic acids is 1. The fourth-order valence-electron chi connectivity index (χ4n) is 0.747. The summed E-state index contributed by atoms with van der Waals surface area (Å²) >= 11 is 5.65. The van der Waals surface area contributed by atoms with Gasteiger partial charge in [0.1, 0.15) is 0 Å². The number of thioether (sulfide) groups is 1. The molecule has 70 valence electrons. The summed E-state index contributed by atoms with van der Waals surface area (Å²) in [6, 6.07) is 8.91. The van der Waals surface area contributed by atoms with Crippen LogP contribution in [0, 0.1) is 0 Å². The Balaban J connectivity index is 0. The molecule has 3 N–H and O–H groups in total. The van der Waals surface area contributed by atoms with Crippen LogP contribution in [0.5, 0.6) is 0 Å². The molecule has 0 bridgehead atoms. The zero-order valence-electron chi connectivity index (χ0n) is 8.69. The van der Waals surface area contributed by atoms with Crippen molar-refractivity contribution in [3.8, 4) is 0 Å². The van der Waals surface area contributed by atoms with E-state index >= 15 is 0 Å². The van der Waals surface area contributed by atoms with Crippen molar-refractivity contribution < 1.29 is 57.6 Å². The van der Waals surface area contributed by atoms with Crippen LogP contribution in [-0.2, 0) is 0 Å². The van der Waals surface area contributed by atoms with E-state index in [4.69, 9.17) is 18.1 Å². The fourth-order valence-corrected chi connectivity index (χ4v) is 1.46. The quantitative estimate of drug-likeness (QED) is 0.274. The van der Waals surface area contributed by atoms with E-state index in [9.17, 15) is 4.79 Å². The number of hydrogen-bond donors (Lipinski definition) is 2. The van der Waals surface area contributed by atoms with Gasteiger partial charge in [0.2, 0.25) is 5.12 Å². The van der Waals surface area contributed by atoms with Gasteiger partial charge >= 0.3 is 51.4 Å². The van der Waals surface area contributed by atoms with E-state index in [1.807, 2.05) is 6.07 Å². The maximum absolute atomic E-state index is 11.4. The summed E-state index contributed by atoms with van der Waals surface area (Å²) in [5.74, 6) is 5.03. The van der Waals surface area contributed by atoms with Crippen molar-refractivity contribution in [3.63, 3.8) is 0 Å². The van der Waals surface area contributed by atoms with Crippen LogP contribution in [0.15, 0.2) is 30.3 Å². The summed E-state index contributed by atoms with van der Waals surface area (Å²) < 4.78 is 0.272. The first-order chi connectivity index (χ1) is 6.24. The molecular formula is C8H9KN2OS2. The Hall–Kier alpha value is 0.726. The molecule has 0 saturated heterocycles. The molecule has 6 heteroatoms. The van der Waals surface area contributed by atoms with Crippen LogP contribution in [0.1, 0.15) is 11.8 Å². The number of carbonyl (C=O) groups is 1.